The predicted molar refractivity (Wildman–Crippen MR) is 98.5 cm³/mol. The second-order valence-electron chi connectivity index (χ2n) is 7.25. The summed E-state index contributed by atoms with van der Waals surface area (Å²) < 4.78 is 0. The van der Waals surface area contributed by atoms with E-state index in [4.69, 9.17) is 11.6 Å². The van der Waals surface area contributed by atoms with E-state index in [0.717, 1.165) is 50.6 Å². The third-order valence-electron chi connectivity index (χ3n) is 5.38. The number of piperazine rings is 1. The van der Waals surface area contributed by atoms with Crippen LogP contribution in [0.3, 0.4) is 0 Å². The molecule has 24 heavy (non-hydrogen) atoms. The van der Waals surface area contributed by atoms with Crippen LogP contribution in [-0.2, 0) is 4.79 Å². The first kappa shape index (κ1) is 17.7. The summed E-state index contributed by atoms with van der Waals surface area (Å²) in [4.78, 5) is 17.3. The lowest BCUT2D eigenvalue weighted by Crippen LogP contribution is -2.59. The number of nitrogens with one attached hydrogen (secondary N) is 1. The van der Waals surface area contributed by atoms with Gasteiger partial charge in [0, 0.05) is 43.8 Å². The number of halogens is 1. The van der Waals surface area contributed by atoms with Gasteiger partial charge in [0.1, 0.15) is 0 Å². The van der Waals surface area contributed by atoms with Gasteiger partial charge >= 0.3 is 0 Å². The first-order valence-electron chi connectivity index (χ1n) is 9.06. The lowest BCUT2D eigenvalue weighted by molar-refractivity contribution is -0.135. The van der Waals surface area contributed by atoms with Gasteiger partial charge in [0.25, 0.3) is 0 Å². The van der Waals surface area contributed by atoms with Crippen molar-refractivity contribution in [2.24, 2.45) is 0 Å². The lowest BCUT2D eigenvalue weighted by Gasteiger charge is -2.39. The van der Waals surface area contributed by atoms with Gasteiger partial charge in [-0.15, -0.1) is 0 Å². The van der Waals surface area contributed by atoms with Crippen LogP contribution in [0.1, 0.15) is 38.2 Å². The maximum Gasteiger partial charge on any atom is 0.241 e. The molecule has 132 valence electrons. The summed E-state index contributed by atoms with van der Waals surface area (Å²) in [5, 5.41) is 4.18. The van der Waals surface area contributed by atoms with Gasteiger partial charge in [-0.1, -0.05) is 23.7 Å². The fourth-order valence-corrected chi connectivity index (χ4v) is 3.92. The molecule has 0 aromatic heterocycles. The Kier molecular flexibility index (Phi) is 5.80. The second-order valence-corrected chi connectivity index (χ2v) is 7.68. The summed E-state index contributed by atoms with van der Waals surface area (Å²) in [5.74, 6) is 0.813. The molecule has 1 aromatic rings. The molecule has 0 radical (unpaired) electrons. The number of carbonyl (C=O) groups excluding carboxylic acids is 1. The van der Waals surface area contributed by atoms with E-state index in [2.05, 4.69) is 36.2 Å². The monoisotopic (exact) mass is 349 g/mol. The van der Waals surface area contributed by atoms with Gasteiger partial charge in [-0.05, 0) is 50.3 Å². The Balaban J connectivity index is 1.54. The number of hydrogen-bond acceptors (Lipinski definition) is 3. The third kappa shape index (κ3) is 4.11. The fraction of sp³-hybridized carbons (Fsp3) is 0.632. The summed E-state index contributed by atoms with van der Waals surface area (Å²) in [6.45, 7) is 8.86. The van der Waals surface area contributed by atoms with Crippen LogP contribution >= 0.6 is 11.6 Å². The van der Waals surface area contributed by atoms with E-state index in [0.29, 0.717) is 12.0 Å². The van der Waals surface area contributed by atoms with Crippen molar-refractivity contribution in [3.8, 4) is 0 Å². The van der Waals surface area contributed by atoms with Crippen LogP contribution in [0, 0.1) is 0 Å². The highest BCUT2D eigenvalue weighted by Gasteiger charge is 2.32. The van der Waals surface area contributed by atoms with Crippen LogP contribution in [0.25, 0.3) is 0 Å². The second kappa shape index (κ2) is 7.85. The lowest BCUT2D eigenvalue weighted by atomic mass is 9.89. The molecule has 1 atom stereocenters. The molecule has 0 saturated carbocycles. The molecule has 1 N–H and O–H groups in total. The van der Waals surface area contributed by atoms with Gasteiger partial charge < -0.3 is 10.2 Å². The first-order valence-corrected chi connectivity index (χ1v) is 9.44. The topological polar surface area (TPSA) is 35.6 Å². The van der Waals surface area contributed by atoms with Crippen LogP contribution in [0.15, 0.2) is 24.3 Å². The highest BCUT2D eigenvalue weighted by molar-refractivity contribution is 6.30. The zero-order valence-electron chi connectivity index (χ0n) is 14.7. The highest BCUT2D eigenvalue weighted by Crippen LogP contribution is 2.29. The quantitative estimate of drug-likeness (QED) is 0.911. The van der Waals surface area contributed by atoms with E-state index in [9.17, 15) is 4.79 Å². The van der Waals surface area contributed by atoms with Crippen molar-refractivity contribution >= 4 is 17.5 Å². The summed E-state index contributed by atoms with van der Waals surface area (Å²) in [5.41, 5.74) is 1.34. The van der Waals surface area contributed by atoms with E-state index in [1.807, 2.05) is 17.0 Å². The SMILES string of the molecule is CC(C)N1CCN[C@@H](C(=O)N2CCC(c3ccc(Cl)cc3)CC2)C1. The Labute approximate surface area is 150 Å². The third-order valence-corrected chi connectivity index (χ3v) is 5.64. The standard InChI is InChI=1S/C19H28ClN3O/c1-14(2)23-12-9-21-18(13-23)19(24)22-10-7-16(8-11-22)15-3-5-17(20)6-4-15/h3-6,14,16,18,21H,7-13H2,1-2H3/t18-/m1/s1. The number of nitrogens with zero attached hydrogens (tertiary/aromatic N) is 2. The summed E-state index contributed by atoms with van der Waals surface area (Å²) >= 11 is 5.97. The van der Waals surface area contributed by atoms with E-state index in [1.165, 1.54) is 5.56 Å². The molecule has 0 unspecified atom stereocenters. The van der Waals surface area contributed by atoms with Crippen molar-refractivity contribution in [1.29, 1.82) is 0 Å². The Morgan fingerprint density at radius 3 is 2.46 bits per heavy atom. The van der Waals surface area contributed by atoms with Gasteiger partial charge in [0.05, 0.1) is 6.04 Å². The summed E-state index contributed by atoms with van der Waals surface area (Å²) in [6, 6.07) is 8.61. The Bertz CT molecular complexity index is 552. The van der Waals surface area contributed by atoms with E-state index >= 15 is 0 Å². The predicted octanol–water partition coefficient (Wildman–Crippen LogP) is 2.73. The van der Waals surface area contributed by atoms with Crippen molar-refractivity contribution in [2.75, 3.05) is 32.7 Å². The minimum atomic E-state index is -0.0479. The molecular weight excluding hydrogens is 322 g/mol. The molecular formula is C19H28ClN3O. The molecule has 3 rings (SSSR count). The summed E-state index contributed by atoms with van der Waals surface area (Å²) in [6.07, 6.45) is 2.07. The average molecular weight is 350 g/mol. The highest BCUT2D eigenvalue weighted by atomic mass is 35.5. The number of carbonyl (C=O) groups is 1. The van der Waals surface area contributed by atoms with Crippen molar-refractivity contribution in [2.45, 2.75) is 44.7 Å². The number of piperidine rings is 1. The summed E-state index contributed by atoms with van der Waals surface area (Å²) in [7, 11) is 0. The minimum absolute atomic E-state index is 0.0479. The van der Waals surface area contributed by atoms with Gasteiger partial charge in [-0.2, -0.15) is 0 Å². The Morgan fingerprint density at radius 2 is 1.83 bits per heavy atom. The smallest absolute Gasteiger partial charge is 0.241 e. The number of hydrogen-bond donors (Lipinski definition) is 1. The average Bonchev–Trinajstić information content (AvgIpc) is 2.62. The maximum absolute atomic E-state index is 12.8. The van der Waals surface area contributed by atoms with Crippen LogP contribution in [0.5, 0.6) is 0 Å². The number of rotatable bonds is 3. The Morgan fingerprint density at radius 1 is 1.17 bits per heavy atom. The number of amides is 1. The first-order chi connectivity index (χ1) is 11.5. The zero-order chi connectivity index (χ0) is 17.1. The van der Waals surface area contributed by atoms with Crippen molar-refractivity contribution < 1.29 is 4.79 Å². The van der Waals surface area contributed by atoms with Crippen LogP contribution in [-0.4, -0.2) is 60.5 Å². The van der Waals surface area contributed by atoms with Gasteiger partial charge in [0.2, 0.25) is 5.91 Å². The molecule has 2 heterocycles. The van der Waals surface area contributed by atoms with E-state index < -0.39 is 0 Å². The largest absolute Gasteiger partial charge is 0.341 e. The molecule has 1 amide bonds. The fourth-order valence-electron chi connectivity index (χ4n) is 3.80. The minimum Gasteiger partial charge on any atom is -0.341 e. The Hall–Kier alpha value is -1.10. The van der Waals surface area contributed by atoms with Crippen molar-refractivity contribution in [3.63, 3.8) is 0 Å². The van der Waals surface area contributed by atoms with E-state index in [-0.39, 0.29) is 11.9 Å². The van der Waals surface area contributed by atoms with E-state index in [1.54, 1.807) is 0 Å². The number of benzene rings is 1. The molecule has 5 heteroatoms. The normalized spacial score (nSPS) is 23.7. The molecule has 4 nitrogen and oxygen atoms in total. The van der Waals surface area contributed by atoms with Crippen LogP contribution in [0.2, 0.25) is 5.02 Å². The van der Waals surface area contributed by atoms with Crippen LogP contribution < -0.4 is 5.32 Å². The zero-order valence-corrected chi connectivity index (χ0v) is 15.4. The van der Waals surface area contributed by atoms with Gasteiger partial charge in [-0.25, -0.2) is 0 Å². The molecule has 2 fully saturated rings. The molecule has 0 bridgehead atoms. The van der Waals surface area contributed by atoms with Crippen molar-refractivity contribution in [3.05, 3.63) is 34.9 Å². The van der Waals surface area contributed by atoms with Crippen molar-refractivity contribution in [1.82, 2.24) is 15.1 Å². The molecule has 1 aromatic carbocycles. The van der Waals surface area contributed by atoms with Crippen LogP contribution in [0.4, 0.5) is 0 Å². The molecule has 0 aliphatic carbocycles. The molecule has 2 aliphatic rings. The number of likely N-dealkylation sites (tertiary alicyclic amines) is 1. The van der Waals surface area contributed by atoms with Gasteiger partial charge in [0.15, 0.2) is 0 Å². The van der Waals surface area contributed by atoms with Gasteiger partial charge in [-0.3, -0.25) is 9.69 Å². The molecule has 2 saturated heterocycles. The molecule has 0 spiro atoms. The molecule has 2 aliphatic heterocycles. The maximum atomic E-state index is 12.8.